The number of carbonyl (C=O) groups excluding carboxylic acids is 2. The highest BCUT2D eigenvalue weighted by Gasteiger charge is 2.31. The van der Waals surface area contributed by atoms with Crippen molar-refractivity contribution in [2.75, 3.05) is 11.9 Å². The first-order chi connectivity index (χ1) is 17.4. The van der Waals surface area contributed by atoms with Gasteiger partial charge in [0.15, 0.2) is 5.13 Å². The lowest BCUT2D eigenvalue weighted by molar-refractivity contribution is -0.122. The Labute approximate surface area is 233 Å². The Bertz CT molecular complexity index is 1270. The van der Waals surface area contributed by atoms with Crippen LogP contribution < -0.4 is 5.32 Å². The van der Waals surface area contributed by atoms with Crippen molar-refractivity contribution >= 4 is 85.9 Å². The first-order valence-corrected chi connectivity index (χ1v) is 14.2. The van der Waals surface area contributed by atoms with Crippen molar-refractivity contribution in [3.63, 3.8) is 0 Å². The Hall–Kier alpha value is -2.23. The third-order valence-electron chi connectivity index (χ3n) is 5.42. The Morgan fingerprint density at radius 3 is 2.44 bits per heavy atom. The zero-order valence-corrected chi connectivity index (χ0v) is 23.2. The molecule has 36 heavy (non-hydrogen) atoms. The molecule has 10 heteroatoms. The molecule has 3 aromatic rings. The van der Waals surface area contributed by atoms with Gasteiger partial charge in [-0.2, -0.15) is 0 Å². The minimum atomic E-state index is -0.0733. The van der Waals surface area contributed by atoms with E-state index in [0.717, 1.165) is 41.7 Å². The number of aromatic nitrogens is 1. The maximum atomic E-state index is 12.7. The Kier molecular flexibility index (Phi) is 9.56. The maximum Gasteiger partial charge on any atom is 0.266 e. The van der Waals surface area contributed by atoms with E-state index in [2.05, 4.69) is 10.3 Å². The Morgan fingerprint density at radius 1 is 1.03 bits per heavy atom. The van der Waals surface area contributed by atoms with E-state index in [9.17, 15) is 9.59 Å². The number of thioether (sulfide) groups is 1. The second kappa shape index (κ2) is 12.8. The van der Waals surface area contributed by atoms with Crippen molar-refractivity contribution in [3.05, 3.63) is 85.7 Å². The van der Waals surface area contributed by atoms with E-state index in [1.165, 1.54) is 23.1 Å². The number of thiazole rings is 1. The number of benzene rings is 2. The standard InChI is InChI=1S/C26H23Cl2N3O2S3/c27-19-9-5-17(6-10-19)14-21-16-29-25(35-21)30-23(32)4-2-1-3-13-31-24(33)22(36-26(31)34)15-18-7-11-20(28)12-8-18/h5-12,15-16H,1-4,13-14H2,(H,29,30,32)/b22-15-. The fourth-order valence-corrected chi connectivity index (χ4v) is 5.99. The molecule has 1 saturated heterocycles. The van der Waals surface area contributed by atoms with Crippen LogP contribution in [0.5, 0.6) is 0 Å². The molecule has 1 aliphatic heterocycles. The van der Waals surface area contributed by atoms with Crippen LogP contribution in [0.4, 0.5) is 5.13 Å². The van der Waals surface area contributed by atoms with Crippen LogP contribution in [0.25, 0.3) is 6.08 Å². The molecular formula is C26H23Cl2N3O2S3. The van der Waals surface area contributed by atoms with Gasteiger partial charge in [-0.25, -0.2) is 4.98 Å². The molecular weight excluding hydrogens is 553 g/mol. The zero-order valence-electron chi connectivity index (χ0n) is 19.2. The maximum absolute atomic E-state index is 12.7. The fourth-order valence-electron chi connectivity index (χ4n) is 3.57. The van der Waals surface area contributed by atoms with E-state index < -0.39 is 0 Å². The van der Waals surface area contributed by atoms with Crippen LogP contribution in [0.3, 0.4) is 0 Å². The molecule has 5 nitrogen and oxygen atoms in total. The van der Waals surface area contributed by atoms with Crippen molar-refractivity contribution in [3.8, 4) is 0 Å². The van der Waals surface area contributed by atoms with Crippen LogP contribution in [0.1, 0.15) is 41.7 Å². The summed E-state index contributed by atoms with van der Waals surface area (Å²) >= 11 is 20.0. The van der Waals surface area contributed by atoms with Crippen LogP contribution in [0, 0.1) is 0 Å². The molecule has 0 radical (unpaired) electrons. The van der Waals surface area contributed by atoms with Crippen molar-refractivity contribution in [2.45, 2.75) is 32.1 Å². The zero-order chi connectivity index (χ0) is 25.5. The smallest absolute Gasteiger partial charge is 0.266 e. The van der Waals surface area contributed by atoms with Gasteiger partial charge in [-0.3, -0.25) is 14.5 Å². The number of hydrogen-bond donors (Lipinski definition) is 1. The number of unbranched alkanes of at least 4 members (excludes halogenated alkanes) is 2. The molecule has 0 saturated carbocycles. The summed E-state index contributed by atoms with van der Waals surface area (Å²) in [6.07, 6.45) is 7.09. The van der Waals surface area contributed by atoms with Crippen molar-refractivity contribution in [1.82, 2.24) is 9.88 Å². The average molecular weight is 577 g/mol. The van der Waals surface area contributed by atoms with E-state index in [1.807, 2.05) is 42.5 Å². The number of hydrogen-bond acceptors (Lipinski definition) is 6. The third-order valence-corrected chi connectivity index (χ3v) is 8.21. The summed E-state index contributed by atoms with van der Waals surface area (Å²) in [5.74, 6) is -0.130. The summed E-state index contributed by atoms with van der Waals surface area (Å²) in [5, 5.41) is 4.84. The van der Waals surface area contributed by atoms with E-state index >= 15 is 0 Å². The minimum Gasteiger partial charge on any atom is -0.302 e. The van der Waals surface area contributed by atoms with Crippen molar-refractivity contribution < 1.29 is 9.59 Å². The predicted molar refractivity (Wildman–Crippen MR) is 155 cm³/mol. The Balaban J connectivity index is 1.16. The predicted octanol–water partition coefficient (Wildman–Crippen LogP) is 7.44. The van der Waals surface area contributed by atoms with Crippen LogP contribution in [-0.2, 0) is 16.0 Å². The molecule has 0 unspecified atom stereocenters. The molecule has 4 rings (SSSR count). The van der Waals surface area contributed by atoms with Crippen molar-refractivity contribution in [2.24, 2.45) is 0 Å². The second-order valence-corrected chi connectivity index (χ2v) is 11.8. The molecule has 1 aromatic heterocycles. The summed E-state index contributed by atoms with van der Waals surface area (Å²) in [7, 11) is 0. The normalized spacial score (nSPS) is 14.6. The fraction of sp³-hybridized carbons (Fsp3) is 0.231. The lowest BCUT2D eigenvalue weighted by Gasteiger charge is -2.14. The molecule has 2 heterocycles. The molecule has 1 N–H and O–H groups in total. The first-order valence-electron chi connectivity index (χ1n) is 11.4. The number of anilines is 1. The lowest BCUT2D eigenvalue weighted by Crippen LogP contribution is -2.29. The van der Waals surface area contributed by atoms with E-state index in [0.29, 0.717) is 37.4 Å². The quantitative estimate of drug-likeness (QED) is 0.154. The molecule has 0 atom stereocenters. The number of thiocarbonyl (C=S) groups is 1. The topological polar surface area (TPSA) is 62.3 Å². The number of nitrogens with zero attached hydrogens (tertiary/aromatic N) is 2. The molecule has 0 aliphatic carbocycles. The number of nitrogens with one attached hydrogen (secondary N) is 1. The highest BCUT2D eigenvalue weighted by molar-refractivity contribution is 8.26. The van der Waals surface area contributed by atoms with Crippen LogP contribution >= 0.6 is 58.5 Å². The van der Waals surface area contributed by atoms with E-state index in [-0.39, 0.29) is 11.8 Å². The van der Waals surface area contributed by atoms with Crippen molar-refractivity contribution in [1.29, 1.82) is 0 Å². The third kappa shape index (κ3) is 7.63. The summed E-state index contributed by atoms with van der Waals surface area (Å²) in [6.45, 7) is 0.546. The van der Waals surface area contributed by atoms with Gasteiger partial charge in [0, 0.05) is 40.5 Å². The average Bonchev–Trinajstić information content (AvgIpc) is 3.40. The van der Waals surface area contributed by atoms with Gasteiger partial charge in [0.1, 0.15) is 4.32 Å². The molecule has 0 spiro atoms. The number of halogens is 2. The minimum absolute atomic E-state index is 0.0566. The summed E-state index contributed by atoms with van der Waals surface area (Å²) in [5.41, 5.74) is 2.05. The van der Waals surface area contributed by atoms with Gasteiger partial charge in [-0.05, 0) is 54.3 Å². The number of rotatable bonds is 10. The van der Waals surface area contributed by atoms with Crippen LogP contribution in [0.2, 0.25) is 10.0 Å². The molecule has 1 fully saturated rings. The molecule has 186 valence electrons. The Morgan fingerprint density at radius 2 is 1.72 bits per heavy atom. The molecule has 0 bridgehead atoms. The number of amides is 2. The largest absolute Gasteiger partial charge is 0.302 e. The van der Waals surface area contributed by atoms with Gasteiger partial charge < -0.3 is 5.32 Å². The highest BCUT2D eigenvalue weighted by atomic mass is 35.5. The summed E-state index contributed by atoms with van der Waals surface area (Å²) in [6, 6.07) is 15.0. The van der Waals surface area contributed by atoms with E-state index in [4.69, 9.17) is 35.4 Å². The molecule has 1 aliphatic rings. The summed E-state index contributed by atoms with van der Waals surface area (Å²) in [4.78, 5) is 32.7. The van der Waals surface area contributed by atoms with Gasteiger partial charge in [0.05, 0.1) is 4.91 Å². The van der Waals surface area contributed by atoms with Crippen LogP contribution in [-0.4, -0.2) is 32.6 Å². The van der Waals surface area contributed by atoms with Crippen LogP contribution in [0.15, 0.2) is 59.6 Å². The van der Waals surface area contributed by atoms with E-state index in [1.54, 1.807) is 23.2 Å². The monoisotopic (exact) mass is 575 g/mol. The van der Waals surface area contributed by atoms with Gasteiger partial charge in [0.2, 0.25) is 5.91 Å². The van der Waals surface area contributed by atoms with Gasteiger partial charge >= 0.3 is 0 Å². The summed E-state index contributed by atoms with van der Waals surface area (Å²) < 4.78 is 0.566. The molecule has 2 amide bonds. The van der Waals surface area contributed by atoms with Gasteiger partial charge in [-0.1, -0.05) is 77.9 Å². The number of carbonyl (C=O) groups is 2. The second-order valence-electron chi connectivity index (χ2n) is 8.18. The first kappa shape index (κ1) is 26.8. The molecule has 2 aromatic carbocycles. The SMILES string of the molecule is O=C(CCCCCN1C(=O)/C(=C/c2ccc(Cl)cc2)SC1=S)Nc1ncc(Cc2ccc(Cl)cc2)s1. The lowest BCUT2D eigenvalue weighted by atomic mass is 10.1. The van der Waals surface area contributed by atoms with Gasteiger partial charge in [0.25, 0.3) is 5.91 Å². The van der Waals surface area contributed by atoms with Gasteiger partial charge in [-0.15, -0.1) is 11.3 Å². The highest BCUT2D eigenvalue weighted by Crippen LogP contribution is 2.33.